The van der Waals surface area contributed by atoms with Crippen molar-refractivity contribution in [3.63, 3.8) is 0 Å². The summed E-state index contributed by atoms with van der Waals surface area (Å²) in [6.07, 6.45) is 5.01. The molecule has 0 fully saturated rings. The first kappa shape index (κ1) is 13.9. The molecule has 2 heterocycles. The standard InChI is InChI=1S/C14H16N4O2/c1-10-12(14(19)20-3)4-5-13(17-10)18(2)9-11-8-15-6-7-16-11/h4-8H,9H2,1-3H3. The molecule has 0 aliphatic rings. The van der Waals surface area contributed by atoms with Gasteiger partial charge < -0.3 is 9.64 Å². The first-order chi connectivity index (χ1) is 9.61. The Labute approximate surface area is 117 Å². The number of hydrogen-bond donors (Lipinski definition) is 0. The molecule has 0 bridgehead atoms. The molecule has 0 N–H and O–H groups in total. The molecule has 0 spiro atoms. The normalized spacial score (nSPS) is 10.2. The molecule has 2 aromatic heterocycles. The molecule has 6 heteroatoms. The van der Waals surface area contributed by atoms with Crippen molar-refractivity contribution in [1.29, 1.82) is 0 Å². The van der Waals surface area contributed by atoms with E-state index in [1.54, 1.807) is 37.6 Å². The number of carbonyl (C=O) groups is 1. The third kappa shape index (κ3) is 3.09. The summed E-state index contributed by atoms with van der Waals surface area (Å²) in [6.45, 7) is 2.38. The maximum absolute atomic E-state index is 11.5. The minimum atomic E-state index is -0.377. The van der Waals surface area contributed by atoms with Gasteiger partial charge in [-0.2, -0.15) is 0 Å². The van der Waals surface area contributed by atoms with Gasteiger partial charge in [0, 0.05) is 19.4 Å². The molecule has 2 rings (SSSR count). The second kappa shape index (κ2) is 6.10. The summed E-state index contributed by atoms with van der Waals surface area (Å²) in [4.78, 5) is 26.1. The number of aromatic nitrogens is 3. The molecule has 0 amide bonds. The molecule has 0 aliphatic heterocycles. The molecule has 2 aromatic rings. The highest BCUT2D eigenvalue weighted by Gasteiger charge is 2.12. The molecular formula is C14H16N4O2. The molecule has 6 nitrogen and oxygen atoms in total. The van der Waals surface area contributed by atoms with E-state index >= 15 is 0 Å². The van der Waals surface area contributed by atoms with Crippen molar-refractivity contribution >= 4 is 11.8 Å². The van der Waals surface area contributed by atoms with Crippen molar-refractivity contribution in [1.82, 2.24) is 15.0 Å². The Hall–Kier alpha value is -2.50. The Morgan fingerprint density at radius 2 is 2.15 bits per heavy atom. The van der Waals surface area contributed by atoms with Crippen LogP contribution in [0.5, 0.6) is 0 Å². The van der Waals surface area contributed by atoms with Gasteiger partial charge in [0.25, 0.3) is 0 Å². The largest absolute Gasteiger partial charge is 0.465 e. The van der Waals surface area contributed by atoms with Crippen LogP contribution in [0.2, 0.25) is 0 Å². The third-order valence-corrected chi connectivity index (χ3v) is 2.88. The SMILES string of the molecule is COC(=O)c1ccc(N(C)Cc2cnccn2)nc1C. The van der Waals surface area contributed by atoms with E-state index < -0.39 is 0 Å². The topological polar surface area (TPSA) is 68.2 Å². The van der Waals surface area contributed by atoms with Crippen LogP contribution in [-0.4, -0.2) is 35.1 Å². The number of hydrogen-bond acceptors (Lipinski definition) is 6. The lowest BCUT2D eigenvalue weighted by Crippen LogP contribution is -2.19. The minimum Gasteiger partial charge on any atom is -0.465 e. The lowest BCUT2D eigenvalue weighted by Gasteiger charge is -2.18. The van der Waals surface area contributed by atoms with Gasteiger partial charge in [0.1, 0.15) is 5.82 Å². The second-order valence-electron chi connectivity index (χ2n) is 4.35. The van der Waals surface area contributed by atoms with Crippen LogP contribution in [0.4, 0.5) is 5.82 Å². The Balaban J connectivity index is 2.17. The van der Waals surface area contributed by atoms with Gasteiger partial charge in [0.15, 0.2) is 0 Å². The maximum Gasteiger partial charge on any atom is 0.339 e. The van der Waals surface area contributed by atoms with Crippen molar-refractivity contribution in [2.24, 2.45) is 0 Å². The van der Waals surface area contributed by atoms with Gasteiger partial charge in [-0.1, -0.05) is 0 Å². The summed E-state index contributed by atoms with van der Waals surface area (Å²) in [5.74, 6) is 0.388. The summed E-state index contributed by atoms with van der Waals surface area (Å²) < 4.78 is 4.70. The van der Waals surface area contributed by atoms with Crippen molar-refractivity contribution in [2.75, 3.05) is 19.1 Å². The van der Waals surface area contributed by atoms with Crippen LogP contribution in [0.3, 0.4) is 0 Å². The van der Waals surface area contributed by atoms with Gasteiger partial charge in [0.2, 0.25) is 0 Å². The van der Waals surface area contributed by atoms with E-state index in [1.807, 2.05) is 11.9 Å². The predicted molar refractivity (Wildman–Crippen MR) is 74.5 cm³/mol. The van der Waals surface area contributed by atoms with E-state index in [-0.39, 0.29) is 5.97 Å². The summed E-state index contributed by atoms with van der Waals surface area (Å²) in [5, 5.41) is 0. The average molecular weight is 272 g/mol. The first-order valence-electron chi connectivity index (χ1n) is 6.14. The van der Waals surface area contributed by atoms with E-state index in [2.05, 4.69) is 15.0 Å². The lowest BCUT2D eigenvalue weighted by molar-refractivity contribution is 0.0599. The fourth-order valence-corrected chi connectivity index (χ4v) is 1.82. The van der Waals surface area contributed by atoms with Gasteiger partial charge >= 0.3 is 5.97 Å². The van der Waals surface area contributed by atoms with Crippen molar-refractivity contribution < 1.29 is 9.53 Å². The molecule has 0 unspecified atom stereocenters. The average Bonchev–Trinajstić information content (AvgIpc) is 2.47. The van der Waals surface area contributed by atoms with E-state index in [0.29, 0.717) is 17.8 Å². The number of aryl methyl sites for hydroxylation is 1. The third-order valence-electron chi connectivity index (χ3n) is 2.88. The molecule has 0 aromatic carbocycles. The number of nitrogens with zero attached hydrogens (tertiary/aromatic N) is 4. The van der Waals surface area contributed by atoms with E-state index in [0.717, 1.165) is 11.5 Å². The van der Waals surface area contributed by atoms with Crippen LogP contribution >= 0.6 is 0 Å². The van der Waals surface area contributed by atoms with Crippen molar-refractivity contribution in [3.05, 3.63) is 47.7 Å². The Kier molecular flexibility index (Phi) is 4.24. The summed E-state index contributed by atoms with van der Waals surface area (Å²) in [7, 11) is 3.27. The summed E-state index contributed by atoms with van der Waals surface area (Å²) in [6, 6.07) is 3.51. The molecule has 0 atom stereocenters. The zero-order chi connectivity index (χ0) is 14.5. The highest BCUT2D eigenvalue weighted by Crippen LogP contribution is 2.15. The minimum absolute atomic E-state index is 0.377. The Morgan fingerprint density at radius 3 is 2.75 bits per heavy atom. The fourth-order valence-electron chi connectivity index (χ4n) is 1.82. The van der Waals surface area contributed by atoms with Crippen LogP contribution in [0, 0.1) is 6.92 Å². The van der Waals surface area contributed by atoms with Gasteiger partial charge in [0.05, 0.1) is 36.8 Å². The zero-order valence-electron chi connectivity index (χ0n) is 11.7. The number of carbonyl (C=O) groups excluding carboxylic acids is 1. The molecule has 0 saturated carbocycles. The number of methoxy groups -OCH3 is 1. The van der Waals surface area contributed by atoms with Crippen molar-refractivity contribution in [3.8, 4) is 0 Å². The Morgan fingerprint density at radius 1 is 1.35 bits per heavy atom. The van der Waals surface area contributed by atoms with Gasteiger partial charge in [-0.05, 0) is 19.1 Å². The number of esters is 1. The summed E-state index contributed by atoms with van der Waals surface area (Å²) >= 11 is 0. The molecule has 0 aliphatic carbocycles. The van der Waals surface area contributed by atoms with E-state index in [4.69, 9.17) is 4.74 Å². The second-order valence-corrected chi connectivity index (χ2v) is 4.35. The molecule has 20 heavy (non-hydrogen) atoms. The number of anilines is 1. The molecular weight excluding hydrogens is 256 g/mol. The Bertz CT molecular complexity index is 601. The van der Waals surface area contributed by atoms with Crippen LogP contribution < -0.4 is 4.90 Å². The zero-order valence-corrected chi connectivity index (χ0v) is 11.7. The van der Waals surface area contributed by atoms with Crippen molar-refractivity contribution in [2.45, 2.75) is 13.5 Å². The van der Waals surface area contributed by atoms with E-state index in [1.165, 1.54) is 7.11 Å². The predicted octanol–water partition coefficient (Wildman–Crippen LogP) is 1.60. The quantitative estimate of drug-likeness (QED) is 0.787. The van der Waals surface area contributed by atoms with E-state index in [9.17, 15) is 4.79 Å². The number of ether oxygens (including phenoxy) is 1. The fraction of sp³-hybridized carbons (Fsp3) is 0.286. The van der Waals surface area contributed by atoms with Gasteiger partial charge in [-0.3, -0.25) is 9.97 Å². The maximum atomic E-state index is 11.5. The van der Waals surface area contributed by atoms with Gasteiger partial charge in [-0.25, -0.2) is 9.78 Å². The molecule has 0 radical (unpaired) electrons. The number of rotatable bonds is 4. The molecule has 104 valence electrons. The van der Waals surface area contributed by atoms with Crippen LogP contribution in [-0.2, 0) is 11.3 Å². The monoisotopic (exact) mass is 272 g/mol. The summed E-state index contributed by atoms with van der Waals surface area (Å²) in [5.41, 5.74) is 1.97. The first-order valence-corrected chi connectivity index (χ1v) is 6.14. The highest BCUT2D eigenvalue weighted by molar-refractivity contribution is 5.90. The van der Waals surface area contributed by atoms with Gasteiger partial charge in [-0.15, -0.1) is 0 Å². The van der Waals surface area contributed by atoms with Crippen LogP contribution in [0.25, 0.3) is 0 Å². The lowest BCUT2D eigenvalue weighted by atomic mass is 10.2. The highest BCUT2D eigenvalue weighted by atomic mass is 16.5. The van der Waals surface area contributed by atoms with Crippen LogP contribution in [0.15, 0.2) is 30.7 Å². The number of pyridine rings is 1. The molecule has 0 saturated heterocycles. The smallest absolute Gasteiger partial charge is 0.339 e. The van der Waals surface area contributed by atoms with Crippen LogP contribution in [0.1, 0.15) is 21.7 Å².